The van der Waals surface area contributed by atoms with E-state index in [1.165, 1.54) is 103 Å². The van der Waals surface area contributed by atoms with Gasteiger partial charge >= 0.3 is 17.9 Å². The van der Waals surface area contributed by atoms with E-state index in [1.807, 2.05) is 21.1 Å². The highest BCUT2D eigenvalue weighted by Gasteiger charge is 2.31. The van der Waals surface area contributed by atoms with E-state index in [9.17, 15) is 19.5 Å². The maximum atomic E-state index is 12.8. The summed E-state index contributed by atoms with van der Waals surface area (Å²) in [6.45, 7) is 4.68. The maximum Gasteiger partial charge on any atom is 0.362 e. The van der Waals surface area contributed by atoms with Gasteiger partial charge in [0.15, 0.2) is 12.1 Å². The third kappa shape index (κ3) is 38.8. The zero-order chi connectivity index (χ0) is 42.8. The molecular weight excluding hydrogens is 727 g/mol. The summed E-state index contributed by atoms with van der Waals surface area (Å²) in [5.41, 5.74) is 0. The zero-order valence-corrected chi connectivity index (χ0v) is 38.2. The quantitative estimate of drug-likeness (QED) is 0.0283. The number of hydrogen-bond acceptors (Lipinski definition) is 6. The number of carbonyl (C=O) groups excluding carboxylic acids is 2. The number of ether oxygens (including phenoxy) is 3. The van der Waals surface area contributed by atoms with Crippen LogP contribution in [0.5, 0.6) is 0 Å². The van der Waals surface area contributed by atoms with E-state index in [1.54, 1.807) is 0 Å². The van der Waals surface area contributed by atoms with Crippen molar-refractivity contribution >= 4 is 17.9 Å². The van der Waals surface area contributed by atoms with Crippen LogP contribution in [0.4, 0.5) is 0 Å². The molecule has 0 saturated heterocycles. The van der Waals surface area contributed by atoms with Crippen LogP contribution in [0.1, 0.15) is 200 Å². The molecule has 0 aromatic carbocycles. The van der Waals surface area contributed by atoms with Crippen LogP contribution in [0, 0.1) is 0 Å². The molecule has 0 amide bonds. The Kier molecular flexibility index (Phi) is 39.1. The molecule has 2 unspecified atom stereocenters. The summed E-state index contributed by atoms with van der Waals surface area (Å²) in [6, 6.07) is -0.618. The van der Waals surface area contributed by atoms with Crippen molar-refractivity contribution in [3.63, 3.8) is 0 Å². The number of hydrogen-bond donors (Lipinski definition) is 1. The third-order valence-electron chi connectivity index (χ3n) is 10.5. The van der Waals surface area contributed by atoms with Crippen LogP contribution in [0.15, 0.2) is 48.6 Å². The van der Waals surface area contributed by atoms with Crippen LogP contribution < -0.4 is 0 Å². The van der Waals surface area contributed by atoms with Gasteiger partial charge in [0.25, 0.3) is 0 Å². The number of unbranched alkanes of at least 4 members (excludes halogenated alkanes) is 20. The lowest BCUT2D eigenvalue weighted by atomic mass is 10.1. The highest BCUT2D eigenvalue weighted by atomic mass is 16.6. The standard InChI is InChI=1S/C50H89NO7/c1-6-8-10-12-14-16-18-20-22-24-26-28-30-32-34-36-38-40-48(52)57-45-46(44-56-43-42-47(50(54)55)51(3,4)5)58-49(53)41-39-37-35-33-31-29-27-25-23-21-19-17-15-13-11-9-7-2/h14-17,20-23,46-47H,6-13,18-19,24-45H2,1-5H3/p+1/b16-14-,17-15-,22-20-,23-21-. The first-order valence-corrected chi connectivity index (χ1v) is 23.7. The van der Waals surface area contributed by atoms with E-state index in [4.69, 9.17) is 14.2 Å². The van der Waals surface area contributed by atoms with Gasteiger partial charge in [-0.1, -0.05) is 152 Å². The highest BCUT2D eigenvalue weighted by molar-refractivity contribution is 5.72. The van der Waals surface area contributed by atoms with Gasteiger partial charge in [0.05, 0.1) is 34.4 Å². The van der Waals surface area contributed by atoms with Crippen molar-refractivity contribution in [3.8, 4) is 0 Å². The predicted molar refractivity (Wildman–Crippen MR) is 243 cm³/mol. The fourth-order valence-corrected chi connectivity index (χ4v) is 6.74. The number of rotatable bonds is 42. The number of esters is 2. The molecule has 0 bridgehead atoms. The summed E-state index contributed by atoms with van der Waals surface area (Å²) in [5, 5.41) is 9.63. The minimum Gasteiger partial charge on any atom is -0.477 e. The molecule has 0 radical (unpaired) electrons. The molecule has 0 aromatic heterocycles. The van der Waals surface area contributed by atoms with E-state index < -0.39 is 18.1 Å². The minimum atomic E-state index is -0.878. The summed E-state index contributed by atoms with van der Waals surface area (Å²) >= 11 is 0. The minimum absolute atomic E-state index is 0.0550. The number of carboxylic acid groups (broad SMARTS) is 1. The van der Waals surface area contributed by atoms with E-state index >= 15 is 0 Å². The van der Waals surface area contributed by atoms with Crippen molar-refractivity contribution in [3.05, 3.63) is 48.6 Å². The molecule has 8 nitrogen and oxygen atoms in total. The van der Waals surface area contributed by atoms with Crippen LogP contribution in [-0.4, -0.2) is 80.6 Å². The Balaban J connectivity index is 4.33. The summed E-state index contributed by atoms with van der Waals surface area (Å²) in [7, 11) is 5.52. The fraction of sp³-hybridized carbons (Fsp3) is 0.780. The van der Waals surface area contributed by atoms with Gasteiger partial charge in [0.1, 0.15) is 6.61 Å². The molecule has 58 heavy (non-hydrogen) atoms. The average molecular weight is 817 g/mol. The van der Waals surface area contributed by atoms with Crippen molar-refractivity contribution < 1.29 is 38.2 Å². The van der Waals surface area contributed by atoms with Gasteiger partial charge < -0.3 is 23.8 Å². The molecular formula is C50H90NO7+. The summed E-state index contributed by atoms with van der Waals surface area (Å²) in [6.07, 6.45) is 48.6. The molecule has 0 spiro atoms. The number of quaternary nitrogens is 1. The van der Waals surface area contributed by atoms with Crippen LogP contribution in [0.25, 0.3) is 0 Å². The summed E-state index contributed by atoms with van der Waals surface area (Å²) < 4.78 is 17.3. The number of carbonyl (C=O) groups is 3. The first-order valence-electron chi connectivity index (χ1n) is 23.7. The van der Waals surface area contributed by atoms with E-state index in [-0.39, 0.29) is 36.2 Å². The van der Waals surface area contributed by atoms with Gasteiger partial charge in [-0.25, -0.2) is 4.79 Å². The Hall–Kier alpha value is -2.71. The zero-order valence-electron chi connectivity index (χ0n) is 38.2. The third-order valence-corrected chi connectivity index (χ3v) is 10.5. The molecule has 0 saturated carbocycles. The predicted octanol–water partition coefficient (Wildman–Crippen LogP) is 13.2. The lowest BCUT2D eigenvalue weighted by Gasteiger charge is -2.31. The van der Waals surface area contributed by atoms with Gasteiger partial charge in [-0.15, -0.1) is 0 Å². The lowest BCUT2D eigenvalue weighted by Crippen LogP contribution is -2.50. The Morgan fingerprint density at radius 3 is 1.33 bits per heavy atom. The van der Waals surface area contributed by atoms with Gasteiger partial charge in [-0.3, -0.25) is 9.59 Å². The van der Waals surface area contributed by atoms with Crippen LogP contribution in [-0.2, 0) is 28.6 Å². The van der Waals surface area contributed by atoms with Gasteiger partial charge in [0, 0.05) is 19.3 Å². The number of nitrogens with zero attached hydrogens (tertiary/aromatic N) is 1. The lowest BCUT2D eigenvalue weighted by molar-refractivity contribution is -0.887. The molecule has 2 atom stereocenters. The monoisotopic (exact) mass is 817 g/mol. The summed E-state index contributed by atoms with van der Waals surface area (Å²) in [5.74, 6) is -1.48. The second-order valence-electron chi connectivity index (χ2n) is 17.0. The number of allylic oxidation sites excluding steroid dienone is 8. The Labute approximate surface area is 356 Å². The second kappa shape index (κ2) is 41.0. The smallest absolute Gasteiger partial charge is 0.362 e. The van der Waals surface area contributed by atoms with Crippen LogP contribution in [0.2, 0.25) is 0 Å². The van der Waals surface area contributed by atoms with E-state index in [0.29, 0.717) is 19.3 Å². The molecule has 0 heterocycles. The number of likely N-dealkylation sites (N-methyl/N-ethyl adjacent to an activating group) is 1. The van der Waals surface area contributed by atoms with Crippen LogP contribution >= 0.6 is 0 Å². The van der Waals surface area contributed by atoms with E-state index in [2.05, 4.69) is 62.5 Å². The van der Waals surface area contributed by atoms with Crippen molar-refractivity contribution in [2.24, 2.45) is 0 Å². The Bertz CT molecular complexity index is 1090. The molecule has 8 heteroatoms. The molecule has 336 valence electrons. The normalized spacial score (nSPS) is 13.3. The summed E-state index contributed by atoms with van der Waals surface area (Å²) in [4.78, 5) is 37.1. The molecule has 0 aromatic rings. The van der Waals surface area contributed by atoms with Gasteiger partial charge in [-0.05, 0) is 77.0 Å². The molecule has 0 rings (SSSR count). The van der Waals surface area contributed by atoms with Gasteiger partial charge in [-0.2, -0.15) is 0 Å². The SMILES string of the molecule is CCCCC/C=C\C/C=C\CCCCCCCCCC(=O)OCC(COCCC(C(=O)O)[N+](C)(C)C)OC(=O)CCCCCCCCC/C=C\C/C=C\CCCCC. The topological polar surface area (TPSA) is 99.1 Å². The van der Waals surface area contributed by atoms with Crippen molar-refractivity contribution in [2.75, 3.05) is 41.0 Å². The molecule has 0 aliphatic heterocycles. The Morgan fingerprint density at radius 1 is 0.517 bits per heavy atom. The van der Waals surface area contributed by atoms with Gasteiger partial charge in [0.2, 0.25) is 0 Å². The first-order chi connectivity index (χ1) is 28.1. The molecule has 0 aliphatic rings. The highest BCUT2D eigenvalue weighted by Crippen LogP contribution is 2.14. The van der Waals surface area contributed by atoms with Crippen molar-refractivity contribution in [1.82, 2.24) is 0 Å². The van der Waals surface area contributed by atoms with Crippen molar-refractivity contribution in [1.29, 1.82) is 0 Å². The van der Waals surface area contributed by atoms with E-state index in [0.717, 1.165) is 64.2 Å². The van der Waals surface area contributed by atoms with Crippen molar-refractivity contribution in [2.45, 2.75) is 212 Å². The first kappa shape index (κ1) is 55.3. The fourth-order valence-electron chi connectivity index (χ4n) is 6.74. The molecule has 0 fully saturated rings. The Morgan fingerprint density at radius 2 is 0.914 bits per heavy atom. The number of carboxylic acids is 1. The molecule has 1 N–H and O–H groups in total. The largest absolute Gasteiger partial charge is 0.477 e. The van der Waals surface area contributed by atoms with Crippen LogP contribution in [0.3, 0.4) is 0 Å². The molecule has 0 aliphatic carbocycles. The number of aliphatic carboxylic acids is 1. The maximum absolute atomic E-state index is 12.8. The second-order valence-corrected chi connectivity index (χ2v) is 17.0. The average Bonchev–Trinajstić information content (AvgIpc) is 3.18.